The van der Waals surface area contributed by atoms with Gasteiger partial charge in [0.1, 0.15) is 5.82 Å². The summed E-state index contributed by atoms with van der Waals surface area (Å²) in [6.45, 7) is 5.77. The molecule has 0 aliphatic heterocycles. The van der Waals surface area contributed by atoms with Crippen LogP contribution < -0.4 is 5.73 Å². The molecule has 0 aliphatic carbocycles. The number of rotatable bonds is 0. The average Bonchev–Trinajstić information content (AvgIpc) is 2.04. The molecule has 0 aliphatic rings. The molecule has 1 nitrogen and oxygen atoms in total. The van der Waals surface area contributed by atoms with Crippen molar-refractivity contribution in [3.8, 4) is 0 Å². The van der Waals surface area contributed by atoms with Crippen molar-refractivity contribution < 1.29 is 4.39 Å². The summed E-state index contributed by atoms with van der Waals surface area (Å²) >= 11 is 3.15. The lowest BCUT2D eigenvalue weighted by Gasteiger charge is -2.00. The average molecular weight is 234 g/mol. The van der Waals surface area contributed by atoms with E-state index < -0.39 is 0 Å². The van der Waals surface area contributed by atoms with Gasteiger partial charge in [-0.2, -0.15) is 0 Å². The molecule has 0 bridgehead atoms. The first-order valence-corrected chi connectivity index (χ1v) is 4.61. The predicted octanol–water partition coefficient (Wildman–Crippen LogP) is 3.51. The van der Waals surface area contributed by atoms with Crippen molar-refractivity contribution in [3.05, 3.63) is 28.0 Å². The third-order valence-electron chi connectivity index (χ3n) is 1.30. The van der Waals surface area contributed by atoms with Crippen LogP contribution in [0, 0.1) is 12.7 Å². The van der Waals surface area contributed by atoms with Gasteiger partial charge in [-0.3, -0.25) is 0 Å². The van der Waals surface area contributed by atoms with Crippen molar-refractivity contribution in [1.82, 2.24) is 0 Å². The maximum atomic E-state index is 12.7. The highest BCUT2D eigenvalue weighted by Gasteiger charge is 2.01. The zero-order chi connectivity index (χ0) is 9.72. The number of hydrogen-bond donors (Lipinski definition) is 1. The van der Waals surface area contributed by atoms with Crippen LogP contribution in [0.5, 0.6) is 0 Å². The van der Waals surface area contributed by atoms with Gasteiger partial charge in [-0.1, -0.05) is 29.8 Å². The molecule has 0 amide bonds. The number of nitrogen functional groups attached to an aromatic ring is 1. The Kier molecular flexibility index (Phi) is 4.90. The van der Waals surface area contributed by atoms with E-state index in [1.807, 2.05) is 13.8 Å². The summed E-state index contributed by atoms with van der Waals surface area (Å²) in [5.74, 6) is -0.369. The molecule has 0 spiro atoms. The van der Waals surface area contributed by atoms with Gasteiger partial charge >= 0.3 is 0 Å². The molecule has 0 aromatic heterocycles. The number of halogens is 2. The highest BCUT2D eigenvalue weighted by molar-refractivity contribution is 9.10. The Labute approximate surface area is 80.9 Å². The van der Waals surface area contributed by atoms with Gasteiger partial charge in [-0.05, 0) is 24.6 Å². The standard InChI is InChI=1S/C7H7BrFN.C2H6/c1-4-2-5(8)3-6(9)7(4)10;1-2/h2-3H,10H2,1H3;1-2H3. The van der Waals surface area contributed by atoms with Gasteiger partial charge in [-0.25, -0.2) is 4.39 Å². The summed E-state index contributed by atoms with van der Waals surface area (Å²) in [5.41, 5.74) is 6.34. The van der Waals surface area contributed by atoms with Crippen molar-refractivity contribution in [2.75, 3.05) is 5.73 Å². The summed E-state index contributed by atoms with van der Waals surface area (Å²) in [4.78, 5) is 0. The maximum absolute atomic E-state index is 12.7. The second kappa shape index (κ2) is 5.14. The summed E-state index contributed by atoms with van der Waals surface area (Å²) in [6.07, 6.45) is 0. The van der Waals surface area contributed by atoms with Crippen LogP contribution in [-0.2, 0) is 0 Å². The fourth-order valence-electron chi connectivity index (χ4n) is 0.713. The largest absolute Gasteiger partial charge is 0.396 e. The Balaban J connectivity index is 0.000000561. The first-order chi connectivity index (χ1) is 5.61. The molecule has 1 aromatic carbocycles. The lowest BCUT2D eigenvalue weighted by atomic mass is 10.2. The molecule has 0 heterocycles. The van der Waals surface area contributed by atoms with Gasteiger partial charge in [0.15, 0.2) is 0 Å². The van der Waals surface area contributed by atoms with E-state index in [2.05, 4.69) is 15.9 Å². The fraction of sp³-hybridized carbons (Fsp3) is 0.333. The molecule has 1 rings (SSSR count). The Morgan fingerprint density at radius 1 is 1.33 bits per heavy atom. The number of benzene rings is 1. The molecular weight excluding hydrogens is 221 g/mol. The summed E-state index contributed by atoms with van der Waals surface area (Å²) < 4.78 is 13.4. The van der Waals surface area contributed by atoms with Crippen LogP contribution in [0.25, 0.3) is 0 Å². The highest BCUT2D eigenvalue weighted by atomic mass is 79.9. The third kappa shape index (κ3) is 2.81. The maximum Gasteiger partial charge on any atom is 0.147 e. The first-order valence-electron chi connectivity index (χ1n) is 3.82. The Morgan fingerprint density at radius 3 is 2.25 bits per heavy atom. The summed E-state index contributed by atoms with van der Waals surface area (Å²) in [6, 6.07) is 3.13. The highest BCUT2D eigenvalue weighted by Crippen LogP contribution is 2.20. The number of anilines is 1. The molecule has 12 heavy (non-hydrogen) atoms. The van der Waals surface area contributed by atoms with E-state index in [0.717, 1.165) is 10.0 Å². The van der Waals surface area contributed by atoms with Crippen LogP contribution >= 0.6 is 15.9 Å². The molecule has 0 radical (unpaired) electrons. The van der Waals surface area contributed by atoms with Gasteiger partial charge in [0.05, 0.1) is 5.69 Å². The second-order valence-corrected chi connectivity index (χ2v) is 3.03. The van der Waals surface area contributed by atoms with Crippen LogP contribution in [0.3, 0.4) is 0 Å². The van der Waals surface area contributed by atoms with Crippen LogP contribution in [0.2, 0.25) is 0 Å². The molecule has 0 unspecified atom stereocenters. The van der Waals surface area contributed by atoms with E-state index in [-0.39, 0.29) is 11.5 Å². The van der Waals surface area contributed by atoms with E-state index in [9.17, 15) is 4.39 Å². The molecule has 0 fully saturated rings. The van der Waals surface area contributed by atoms with Crippen LogP contribution in [0.1, 0.15) is 19.4 Å². The SMILES string of the molecule is CC.Cc1cc(Br)cc(F)c1N. The molecule has 1 aromatic rings. The van der Waals surface area contributed by atoms with Gasteiger partial charge in [0.25, 0.3) is 0 Å². The lowest BCUT2D eigenvalue weighted by molar-refractivity contribution is 0.630. The number of aryl methyl sites for hydroxylation is 1. The predicted molar refractivity (Wildman–Crippen MR) is 54.6 cm³/mol. The van der Waals surface area contributed by atoms with Gasteiger partial charge in [-0.15, -0.1) is 0 Å². The van der Waals surface area contributed by atoms with E-state index in [1.54, 1.807) is 13.0 Å². The molecule has 0 saturated carbocycles. The van der Waals surface area contributed by atoms with Gasteiger partial charge in [0, 0.05) is 4.47 Å². The van der Waals surface area contributed by atoms with E-state index in [0.29, 0.717) is 0 Å². The minimum absolute atomic E-state index is 0.225. The number of hydrogen-bond acceptors (Lipinski definition) is 1. The van der Waals surface area contributed by atoms with Crippen LogP contribution in [0.15, 0.2) is 16.6 Å². The summed E-state index contributed by atoms with van der Waals surface area (Å²) in [7, 11) is 0. The molecule has 68 valence electrons. The van der Waals surface area contributed by atoms with Gasteiger partial charge < -0.3 is 5.73 Å². The van der Waals surface area contributed by atoms with E-state index in [4.69, 9.17) is 5.73 Å². The van der Waals surface area contributed by atoms with Crippen molar-refractivity contribution in [3.63, 3.8) is 0 Å². The molecule has 2 N–H and O–H groups in total. The lowest BCUT2D eigenvalue weighted by Crippen LogP contribution is -1.93. The second-order valence-electron chi connectivity index (χ2n) is 2.12. The van der Waals surface area contributed by atoms with Crippen molar-refractivity contribution in [2.24, 2.45) is 0 Å². The van der Waals surface area contributed by atoms with Crippen LogP contribution in [-0.4, -0.2) is 0 Å². The quantitative estimate of drug-likeness (QED) is 0.683. The van der Waals surface area contributed by atoms with Crippen molar-refractivity contribution in [2.45, 2.75) is 20.8 Å². The van der Waals surface area contributed by atoms with E-state index >= 15 is 0 Å². The monoisotopic (exact) mass is 233 g/mol. The third-order valence-corrected chi connectivity index (χ3v) is 1.76. The first kappa shape index (κ1) is 11.4. The minimum atomic E-state index is -0.369. The Morgan fingerprint density at radius 2 is 1.83 bits per heavy atom. The molecule has 0 saturated heterocycles. The van der Waals surface area contributed by atoms with E-state index in [1.165, 1.54) is 6.07 Å². The molecule has 0 atom stereocenters. The Bertz CT molecular complexity index is 238. The number of nitrogens with two attached hydrogens (primary N) is 1. The summed E-state index contributed by atoms with van der Waals surface area (Å²) in [5, 5.41) is 0. The fourth-order valence-corrected chi connectivity index (χ4v) is 1.26. The van der Waals surface area contributed by atoms with Gasteiger partial charge in [0.2, 0.25) is 0 Å². The van der Waals surface area contributed by atoms with Crippen molar-refractivity contribution in [1.29, 1.82) is 0 Å². The Hall–Kier alpha value is -0.570. The zero-order valence-corrected chi connectivity index (χ0v) is 9.07. The normalized spacial score (nSPS) is 8.75. The zero-order valence-electron chi connectivity index (χ0n) is 7.49. The molecule has 3 heteroatoms. The van der Waals surface area contributed by atoms with Crippen molar-refractivity contribution >= 4 is 21.6 Å². The van der Waals surface area contributed by atoms with Crippen LogP contribution in [0.4, 0.5) is 10.1 Å². The smallest absolute Gasteiger partial charge is 0.147 e. The topological polar surface area (TPSA) is 26.0 Å². The molecular formula is C9H13BrFN. The minimum Gasteiger partial charge on any atom is -0.396 e.